The summed E-state index contributed by atoms with van der Waals surface area (Å²) < 4.78 is 41.8. The third-order valence-corrected chi connectivity index (χ3v) is 20.7. The Morgan fingerprint density at radius 3 is 2.39 bits per heavy atom. The van der Waals surface area contributed by atoms with E-state index in [1.807, 2.05) is 56.0 Å². The SMILES string of the molecule is CCC1=CCN2CCCC12COc1nc(N2C[C@H]3CC[C@@H](C2)N3C(=O)OC(C)(C)C)c2cnc(-c3cc(OCOC)cc4cccc(C#C[Si](C(C)C)(C(C)C)C(C)C)c34)c(F)c2n1. The fourth-order valence-corrected chi connectivity index (χ4v) is 16.8. The van der Waals surface area contributed by atoms with Crippen molar-refractivity contribution in [2.75, 3.05) is 51.6 Å². The average Bonchev–Trinajstić information content (AvgIpc) is 3.90. The maximum absolute atomic E-state index is 18.0. The first-order valence-electron chi connectivity index (χ1n) is 23.4. The number of pyridine rings is 1. The van der Waals surface area contributed by atoms with Crippen LogP contribution in [0.5, 0.6) is 11.8 Å². The molecular weight excluding hydrogens is 824 g/mol. The average molecular weight is 891 g/mol. The van der Waals surface area contributed by atoms with E-state index in [0.717, 1.165) is 61.5 Å². The van der Waals surface area contributed by atoms with Crippen molar-refractivity contribution >= 4 is 41.7 Å². The molecule has 0 aliphatic carbocycles. The van der Waals surface area contributed by atoms with Crippen LogP contribution >= 0.6 is 0 Å². The molecule has 0 saturated carbocycles. The number of anilines is 1. The van der Waals surface area contributed by atoms with Crippen molar-refractivity contribution in [2.45, 2.75) is 141 Å². The fraction of sp³-hybridized carbons (Fsp3) is 0.569. The number of carbonyl (C=O) groups is 1. The van der Waals surface area contributed by atoms with Crippen molar-refractivity contribution in [1.82, 2.24) is 24.8 Å². The summed E-state index contributed by atoms with van der Waals surface area (Å²) in [5, 5.41) is 2.13. The van der Waals surface area contributed by atoms with E-state index >= 15 is 4.39 Å². The third-order valence-electron chi connectivity index (χ3n) is 14.5. The van der Waals surface area contributed by atoms with Crippen LogP contribution in [0.2, 0.25) is 16.6 Å². The minimum absolute atomic E-state index is 0.0255. The maximum atomic E-state index is 18.0. The number of fused-ring (bicyclic) bond motifs is 5. The van der Waals surface area contributed by atoms with Crippen LogP contribution in [0.3, 0.4) is 0 Å². The smallest absolute Gasteiger partial charge is 0.410 e. The molecule has 4 aliphatic heterocycles. The number of hydrogen-bond acceptors (Lipinski definition) is 10. The number of piperazine rings is 1. The normalized spacial score (nSPS) is 21.3. The van der Waals surface area contributed by atoms with Gasteiger partial charge < -0.3 is 23.8 Å². The quantitative estimate of drug-likeness (QED) is 0.0591. The maximum Gasteiger partial charge on any atom is 0.410 e. The number of methoxy groups -OCH3 is 1. The van der Waals surface area contributed by atoms with E-state index in [-0.39, 0.29) is 47.7 Å². The number of hydrogen-bond donors (Lipinski definition) is 0. The summed E-state index contributed by atoms with van der Waals surface area (Å²) in [6.45, 7) is 25.0. The topological polar surface area (TPSA) is 102 Å². The van der Waals surface area contributed by atoms with Gasteiger partial charge in [-0.3, -0.25) is 14.8 Å². The number of aromatic nitrogens is 3. The molecule has 0 radical (unpaired) electrons. The molecule has 2 bridgehead atoms. The molecule has 6 heterocycles. The van der Waals surface area contributed by atoms with Crippen molar-refractivity contribution in [3.8, 4) is 34.5 Å². The Labute approximate surface area is 380 Å². The van der Waals surface area contributed by atoms with Crippen LogP contribution in [0, 0.1) is 17.3 Å². The lowest BCUT2D eigenvalue weighted by molar-refractivity contribution is 0.0122. The highest BCUT2D eigenvalue weighted by atomic mass is 28.3. The summed E-state index contributed by atoms with van der Waals surface area (Å²) in [7, 11) is -0.549. The Morgan fingerprint density at radius 2 is 1.73 bits per heavy atom. The molecule has 64 heavy (non-hydrogen) atoms. The molecule has 3 fully saturated rings. The zero-order chi connectivity index (χ0) is 45.7. The molecule has 1 amide bonds. The number of benzene rings is 2. The van der Waals surface area contributed by atoms with Crippen molar-refractivity contribution in [1.29, 1.82) is 0 Å². The molecule has 13 heteroatoms. The number of rotatable bonds is 12. The first kappa shape index (κ1) is 45.8. The van der Waals surface area contributed by atoms with Gasteiger partial charge >= 0.3 is 12.1 Å². The van der Waals surface area contributed by atoms with Crippen LogP contribution in [0.15, 0.2) is 48.2 Å². The number of amides is 1. The van der Waals surface area contributed by atoms with E-state index in [4.69, 9.17) is 33.9 Å². The highest BCUT2D eigenvalue weighted by Gasteiger charge is 2.48. The van der Waals surface area contributed by atoms with Crippen LogP contribution in [0.4, 0.5) is 15.0 Å². The largest absolute Gasteiger partial charge is 0.468 e. The van der Waals surface area contributed by atoms with Crippen molar-refractivity contribution < 1.29 is 28.1 Å². The summed E-state index contributed by atoms with van der Waals surface area (Å²) >= 11 is 0. The Morgan fingerprint density at radius 1 is 1.02 bits per heavy atom. The van der Waals surface area contributed by atoms with Gasteiger partial charge in [-0.15, -0.1) is 5.54 Å². The van der Waals surface area contributed by atoms with E-state index in [0.29, 0.717) is 58.8 Å². The first-order valence-corrected chi connectivity index (χ1v) is 25.7. The molecule has 11 nitrogen and oxygen atoms in total. The van der Waals surface area contributed by atoms with Crippen molar-refractivity contribution in [3.63, 3.8) is 0 Å². The summed E-state index contributed by atoms with van der Waals surface area (Å²) in [5.74, 6) is 4.15. The molecule has 3 atom stereocenters. The standard InChI is InChI=1S/C51H67FN6O5Si/c1-12-37-19-23-57-22-14-21-51(37,57)30-61-48-54-46-42(47(55-48)56-28-38-17-18-39(29-56)58(38)49(59)63-50(8,9)10)27-53-45(44(46)52)41-26-40(62-31-60-11)25-36-16-13-15-35(43(36)41)20-24-64(32(2)3,33(4)5)34(6)7/h13,15-16,19,25-27,32-34,38-39H,12,14,17-18,21-23,28-31H2,1-11H3/t38-,39+,51?. The highest BCUT2D eigenvalue weighted by Crippen LogP contribution is 2.45. The fourth-order valence-electron chi connectivity index (χ4n) is 11.6. The Hall–Kier alpha value is -4.77. The van der Waals surface area contributed by atoms with Gasteiger partial charge in [0.25, 0.3) is 0 Å². The second-order valence-corrected chi connectivity index (χ2v) is 25.8. The zero-order valence-electron chi connectivity index (χ0n) is 39.8. The number of carbonyl (C=O) groups excluding carboxylic acids is 1. The van der Waals surface area contributed by atoms with Gasteiger partial charge in [-0.05, 0) is 105 Å². The molecule has 4 aromatic rings. The van der Waals surface area contributed by atoms with Crippen molar-refractivity contribution in [3.05, 3.63) is 59.6 Å². The van der Waals surface area contributed by atoms with Gasteiger partial charge in [0, 0.05) is 49.5 Å². The van der Waals surface area contributed by atoms with E-state index in [9.17, 15) is 4.79 Å². The minimum atomic E-state index is -2.12. The van der Waals surface area contributed by atoms with E-state index in [1.54, 1.807) is 13.3 Å². The van der Waals surface area contributed by atoms with Crippen LogP contribution in [0.25, 0.3) is 32.9 Å². The van der Waals surface area contributed by atoms with E-state index in [1.165, 1.54) is 5.57 Å². The first-order chi connectivity index (χ1) is 30.5. The summed E-state index contributed by atoms with van der Waals surface area (Å²) in [6, 6.07) is 9.75. The number of ether oxygens (including phenoxy) is 4. The lowest BCUT2D eigenvalue weighted by Gasteiger charge is -2.42. The van der Waals surface area contributed by atoms with Gasteiger partial charge in [-0.25, -0.2) is 9.18 Å². The van der Waals surface area contributed by atoms with Gasteiger partial charge in [0.15, 0.2) is 12.6 Å². The molecule has 0 spiro atoms. The van der Waals surface area contributed by atoms with E-state index < -0.39 is 19.5 Å². The predicted molar refractivity (Wildman–Crippen MR) is 255 cm³/mol. The second-order valence-electron chi connectivity index (χ2n) is 20.2. The highest BCUT2D eigenvalue weighted by molar-refractivity contribution is 6.90. The van der Waals surface area contributed by atoms with E-state index in [2.05, 4.69) is 75.8 Å². The molecule has 1 unspecified atom stereocenters. The van der Waals surface area contributed by atoms with Crippen LogP contribution in [0.1, 0.15) is 107 Å². The van der Waals surface area contributed by atoms with Gasteiger partial charge in [-0.1, -0.05) is 72.6 Å². The Balaban J connectivity index is 1.28. The molecular formula is C51H67FN6O5Si. The number of halogens is 1. The summed E-state index contributed by atoms with van der Waals surface area (Å²) in [4.78, 5) is 34.9. The molecule has 2 aromatic carbocycles. The molecule has 8 rings (SSSR count). The molecule has 342 valence electrons. The van der Waals surface area contributed by atoms with Crippen LogP contribution < -0.4 is 14.4 Å². The van der Waals surface area contributed by atoms with Gasteiger partial charge in [0.1, 0.15) is 43.1 Å². The molecule has 2 aromatic heterocycles. The van der Waals surface area contributed by atoms with Gasteiger partial charge in [0.05, 0.1) is 23.0 Å². The Bertz CT molecular complexity index is 2470. The van der Waals surface area contributed by atoms with Crippen LogP contribution in [-0.2, 0) is 9.47 Å². The van der Waals surface area contributed by atoms with Gasteiger partial charge in [0.2, 0.25) is 0 Å². The Kier molecular flexibility index (Phi) is 12.8. The summed E-state index contributed by atoms with van der Waals surface area (Å²) in [6.07, 6.45) is 8.40. The molecule has 4 aliphatic rings. The lowest BCUT2D eigenvalue weighted by Crippen LogP contribution is -2.57. The minimum Gasteiger partial charge on any atom is -0.468 e. The second kappa shape index (κ2) is 17.9. The monoisotopic (exact) mass is 890 g/mol. The molecule has 3 saturated heterocycles. The number of nitrogens with zero attached hydrogens (tertiary/aromatic N) is 6. The van der Waals surface area contributed by atoms with Crippen LogP contribution in [-0.4, -0.2) is 109 Å². The lowest BCUT2D eigenvalue weighted by atomic mass is 9.88. The third kappa shape index (κ3) is 8.23. The van der Waals surface area contributed by atoms with Gasteiger partial charge in [-0.2, -0.15) is 9.97 Å². The predicted octanol–water partition coefficient (Wildman–Crippen LogP) is 10.7. The summed E-state index contributed by atoms with van der Waals surface area (Å²) in [5.41, 5.74) is 7.37. The van der Waals surface area contributed by atoms with Crippen molar-refractivity contribution in [2.24, 2.45) is 0 Å². The molecule has 0 N–H and O–H groups in total. The zero-order valence-corrected chi connectivity index (χ0v) is 40.8.